The Labute approximate surface area is 137 Å². The summed E-state index contributed by atoms with van der Waals surface area (Å²) in [5.74, 6) is 0.548. The Morgan fingerprint density at radius 3 is 2.57 bits per heavy atom. The van der Waals surface area contributed by atoms with Crippen LogP contribution in [0.25, 0.3) is 0 Å². The smallest absolute Gasteiger partial charge is 0.255 e. The molecule has 0 unspecified atom stereocenters. The van der Waals surface area contributed by atoms with Crippen molar-refractivity contribution in [1.82, 2.24) is 0 Å². The monoisotopic (exact) mass is 367 g/mol. The molecule has 21 heavy (non-hydrogen) atoms. The average Bonchev–Trinajstić information content (AvgIpc) is 2.46. The summed E-state index contributed by atoms with van der Waals surface area (Å²) in [5.41, 5.74) is 2.15. The highest BCUT2D eigenvalue weighted by Gasteiger charge is 2.10. The van der Waals surface area contributed by atoms with Gasteiger partial charge in [-0.15, -0.1) is 0 Å². The number of nitrogens with one attached hydrogen (secondary N) is 1. The molecule has 0 aliphatic rings. The van der Waals surface area contributed by atoms with Gasteiger partial charge in [-0.2, -0.15) is 0 Å². The molecular formula is C16H15BrClNO2. The lowest BCUT2D eigenvalue weighted by molar-refractivity contribution is 0.102. The number of hydrogen-bond acceptors (Lipinski definition) is 2. The van der Waals surface area contributed by atoms with E-state index in [4.69, 9.17) is 16.3 Å². The summed E-state index contributed by atoms with van der Waals surface area (Å²) in [6, 6.07) is 10.6. The van der Waals surface area contributed by atoms with Crippen molar-refractivity contribution >= 4 is 39.1 Å². The third-order valence-electron chi connectivity index (χ3n) is 2.92. The number of aryl methyl sites for hydroxylation is 1. The lowest BCUT2D eigenvalue weighted by atomic mass is 10.2. The molecule has 5 heteroatoms. The number of ether oxygens (including phenoxy) is 1. The van der Waals surface area contributed by atoms with Crippen LogP contribution in [0.4, 0.5) is 5.69 Å². The standard InChI is InChI=1S/C16H15BrClNO2/c1-3-21-12-6-4-11(5-7-12)16(20)19-15-9-14(18)10(2)8-13(15)17/h4-9H,3H2,1-2H3,(H,19,20). The Morgan fingerprint density at radius 1 is 1.29 bits per heavy atom. The van der Waals surface area contributed by atoms with E-state index in [-0.39, 0.29) is 5.91 Å². The molecule has 0 aliphatic carbocycles. The van der Waals surface area contributed by atoms with Crippen molar-refractivity contribution in [1.29, 1.82) is 0 Å². The van der Waals surface area contributed by atoms with Gasteiger partial charge in [0.15, 0.2) is 0 Å². The lowest BCUT2D eigenvalue weighted by Crippen LogP contribution is -2.12. The topological polar surface area (TPSA) is 38.3 Å². The van der Waals surface area contributed by atoms with Crippen molar-refractivity contribution in [3.63, 3.8) is 0 Å². The number of amides is 1. The summed E-state index contributed by atoms with van der Waals surface area (Å²) >= 11 is 9.50. The molecule has 110 valence electrons. The fraction of sp³-hybridized carbons (Fsp3) is 0.188. The molecule has 2 rings (SSSR count). The molecule has 0 fully saturated rings. The van der Waals surface area contributed by atoms with Crippen LogP contribution in [-0.2, 0) is 0 Å². The largest absolute Gasteiger partial charge is 0.494 e. The maximum Gasteiger partial charge on any atom is 0.255 e. The third kappa shape index (κ3) is 3.99. The third-order valence-corrected chi connectivity index (χ3v) is 3.99. The van der Waals surface area contributed by atoms with Crippen molar-refractivity contribution < 1.29 is 9.53 Å². The van der Waals surface area contributed by atoms with Gasteiger partial charge < -0.3 is 10.1 Å². The van der Waals surface area contributed by atoms with Gasteiger partial charge in [-0.3, -0.25) is 4.79 Å². The number of halogens is 2. The number of carbonyl (C=O) groups excluding carboxylic acids is 1. The Hall–Kier alpha value is -1.52. The summed E-state index contributed by atoms with van der Waals surface area (Å²) in [7, 11) is 0. The molecule has 2 aromatic carbocycles. The number of anilines is 1. The van der Waals surface area contributed by atoms with Crippen molar-refractivity contribution in [3.05, 3.63) is 57.0 Å². The van der Waals surface area contributed by atoms with Gasteiger partial charge in [-0.1, -0.05) is 11.6 Å². The summed E-state index contributed by atoms with van der Waals surface area (Å²) in [6.45, 7) is 4.42. The number of carbonyl (C=O) groups is 1. The van der Waals surface area contributed by atoms with E-state index in [0.717, 1.165) is 15.8 Å². The molecule has 0 bridgehead atoms. The van der Waals surface area contributed by atoms with Gasteiger partial charge in [0.25, 0.3) is 5.91 Å². The SMILES string of the molecule is CCOc1ccc(C(=O)Nc2cc(Cl)c(C)cc2Br)cc1. The fourth-order valence-corrected chi connectivity index (χ4v) is 2.53. The highest BCUT2D eigenvalue weighted by molar-refractivity contribution is 9.10. The molecule has 0 atom stereocenters. The van der Waals surface area contributed by atoms with Crippen molar-refractivity contribution in [2.45, 2.75) is 13.8 Å². The zero-order valence-corrected chi connectivity index (χ0v) is 14.1. The van der Waals surface area contributed by atoms with Crippen LogP contribution >= 0.6 is 27.5 Å². The zero-order chi connectivity index (χ0) is 15.4. The first kappa shape index (κ1) is 15.9. The van der Waals surface area contributed by atoms with Gasteiger partial charge >= 0.3 is 0 Å². The molecule has 1 amide bonds. The van der Waals surface area contributed by atoms with Gasteiger partial charge in [-0.05, 0) is 71.7 Å². The van der Waals surface area contributed by atoms with E-state index in [1.807, 2.05) is 19.9 Å². The minimum atomic E-state index is -0.196. The van der Waals surface area contributed by atoms with Crippen molar-refractivity contribution in [2.24, 2.45) is 0 Å². The second-order valence-electron chi connectivity index (χ2n) is 4.49. The van der Waals surface area contributed by atoms with E-state index in [1.54, 1.807) is 30.3 Å². The van der Waals surface area contributed by atoms with Crippen LogP contribution in [0.2, 0.25) is 5.02 Å². The van der Waals surface area contributed by atoms with Crippen LogP contribution in [0, 0.1) is 6.92 Å². The minimum Gasteiger partial charge on any atom is -0.494 e. The number of rotatable bonds is 4. The summed E-state index contributed by atoms with van der Waals surface area (Å²) in [5, 5.41) is 3.45. The molecule has 0 saturated heterocycles. The lowest BCUT2D eigenvalue weighted by Gasteiger charge is -2.10. The summed E-state index contributed by atoms with van der Waals surface area (Å²) in [4.78, 5) is 12.2. The van der Waals surface area contributed by atoms with Gasteiger partial charge in [0.1, 0.15) is 5.75 Å². The number of hydrogen-bond donors (Lipinski definition) is 1. The Morgan fingerprint density at radius 2 is 1.95 bits per heavy atom. The maximum absolute atomic E-state index is 12.2. The molecule has 0 saturated carbocycles. The van der Waals surface area contributed by atoms with Gasteiger partial charge in [0.2, 0.25) is 0 Å². The first-order valence-corrected chi connectivity index (χ1v) is 7.68. The van der Waals surface area contributed by atoms with E-state index < -0.39 is 0 Å². The molecule has 1 N–H and O–H groups in total. The Balaban J connectivity index is 2.16. The predicted octanol–water partition coefficient (Wildman–Crippen LogP) is 5.06. The molecule has 0 heterocycles. The molecule has 3 nitrogen and oxygen atoms in total. The molecule has 0 spiro atoms. The predicted molar refractivity (Wildman–Crippen MR) is 89.5 cm³/mol. The van der Waals surface area contributed by atoms with E-state index in [9.17, 15) is 4.79 Å². The van der Waals surface area contributed by atoms with E-state index >= 15 is 0 Å². The zero-order valence-electron chi connectivity index (χ0n) is 11.7. The minimum absolute atomic E-state index is 0.196. The van der Waals surface area contributed by atoms with Crippen molar-refractivity contribution in [3.8, 4) is 5.75 Å². The number of benzene rings is 2. The average molecular weight is 369 g/mol. The van der Waals surface area contributed by atoms with Crippen LogP contribution in [0.3, 0.4) is 0 Å². The van der Waals surface area contributed by atoms with Crippen LogP contribution in [0.15, 0.2) is 40.9 Å². The van der Waals surface area contributed by atoms with Crippen LogP contribution in [-0.4, -0.2) is 12.5 Å². The first-order valence-electron chi connectivity index (χ1n) is 6.51. The highest BCUT2D eigenvalue weighted by atomic mass is 79.9. The molecule has 0 aliphatic heterocycles. The Bertz CT molecular complexity index is 656. The van der Waals surface area contributed by atoms with Gasteiger partial charge in [0, 0.05) is 15.1 Å². The van der Waals surface area contributed by atoms with Gasteiger partial charge in [-0.25, -0.2) is 0 Å². The van der Waals surface area contributed by atoms with E-state index in [1.165, 1.54) is 0 Å². The van der Waals surface area contributed by atoms with Gasteiger partial charge in [0.05, 0.1) is 12.3 Å². The fourth-order valence-electron chi connectivity index (χ4n) is 1.81. The molecule has 2 aromatic rings. The van der Waals surface area contributed by atoms with Crippen LogP contribution in [0.1, 0.15) is 22.8 Å². The maximum atomic E-state index is 12.2. The summed E-state index contributed by atoms with van der Waals surface area (Å²) in [6.07, 6.45) is 0. The molecule has 0 aromatic heterocycles. The van der Waals surface area contributed by atoms with E-state index in [2.05, 4.69) is 21.2 Å². The van der Waals surface area contributed by atoms with Crippen LogP contribution in [0.5, 0.6) is 5.75 Å². The second kappa shape index (κ2) is 6.96. The molecule has 0 radical (unpaired) electrons. The normalized spacial score (nSPS) is 10.3. The quantitative estimate of drug-likeness (QED) is 0.819. The second-order valence-corrected chi connectivity index (χ2v) is 5.75. The summed E-state index contributed by atoms with van der Waals surface area (Å²) < 4.78 is 6.15. The first-order chi connectivity index (χ1) is 10.0. The molecular weight excluding hydrogens is 354 g/mol. The highest BCUT2D eigenvalue weighted by Crippen LogP contribution is 2.29. The Kier molecular flexibility index (Phi) is 5.26. The van der Waals surface area contributed by atoms with Crippen LogP contribution < -0.4 is 10.1 Å². The van der Waals surface area contributed by atoms with E-state index in [0.29, 0.717) is 22.9 Å². The van der Waals surface area contributed by atoms with Crippen molar-refractivity contribution in [2.75, 3.05) is 11.9 Å².